The zero-order chi connectivity index (χ0) is 14.8. The second kappa shape index (κ2) is 5.53. The summed E-state index contributed by atoms with van der Waals surface area (Å²) >= 11 is 0. The lowest BCUT2D eigenvalue weighted by molar-refractivity contribution is 0.630. The molecule has 0 atom stereocenters. The van der Waals surface area contributed by atoms with E-state index in [1.54, 1.807) is 6.07 Å². The van der Waals surface area contributed by atoms with Crippen LogP contribution in [0.5, 0.6) is 0 Å². The molecule has 0 bridgehead atoms. The smallest absolute Gasteiger partial charge is 0.131 e. The summed E-state index contributed by atoms with van der Waals surface area (Å²) in [7, 11) is 0. The lowest BCUT2D eigenvalue weighted by atomic mass is 9.90. The molecule has 0 saturated carbocycles. The number of hydrogen-bond acceptors (Lipinski definition) is 0. The molecular formula is C20H17F. The first-order chi connectivity index (χ1) is 10.2. The summed E-state index contributed by atoms with van der Waals surface area (Å²) in [5.41, 5.74) is 5.71. The summed E-state index contributed by atoms with van der Waals surface area (Å²) in [6.07, 6.45) is 0. The lowest BCUT2D eigenvalue weighted by Gasteiger charge is -2.14. The van der Waals surface area contributed by atoms with Crippen LogP contribution < -0.4 is 0 Å². The van der Waals surface area contributed by atoms with Gasteiger partial charge in [-0.05, 0) is 47.7 Å². The van der Waals surface area contributed by atoms with Crippen molar-refractivity contribution < 1.29 is 4.39 Å². The summed E-state index contributed by atoms with van der Waals surface area (Å²) in [5.74, 6) is -0.167. The van der Waals surface area contributed by atoms with Gasteiger partial charge in [-0.2, -0.15) is 0 Å². The van der Waals surface area contributed by atoms with Crippen molar-refractivity contribution in [2.75, 3.05) is 0 Å². The minimum Gasteiger partial charge on any atom is -0.206 e. The Balaban J connectivity index is 2.33. The first kappa shape index (κ1) is 13.6. The zero-order valence-corrected chi connectivity index (χ0v) is 12.2. The Kier molecular flexibility index (Phi) is 3.57. The van der Waals surface area contributed by atoms with Crippen LogP contribution in [0.15, 0.2) is 66.7 Å². The van der Waals surface area contributed by atoms with Gasteiger partial charge >= 0.3 is 0 Å². The van der Waals surface area contributed by atoms with Crippen molar-refractivity contribution in [2.45, 2.75) is 13.8 Å². The number of halogens is 1. The predicted octanol–water partition coefficient (Wildman–Crippen LogP) is 5.78. The van der Waals surface area contributed by atoms with E-state index in [4.69, 9.17) is 0 Å². The van der Waals surface area contributed by atoms with Crippen LogP contribution in [0.1, 0.15) is 11.1 Å². The molecule has 0 aromatic heterocycles. The maximum Gasteiger partial charge on any atom is 0.131 e. The number of rotatable bonds is 2. The highest BCUT2D eigenvalue weighted by Crippen LogP contribution is 2.36. The molecule has 0 nitrogen and oxygen atoms in total. The molecule has 0 aliphatic rings. The highest BCUT2D eigenvalue weighted by molar-refractivity contribution is 5.85. The zero-order valence-electron chi connectivity index (χ0n) is 12.2. The van der Waals surface area contributed by atoms with E-state index in [2.05, 4.69) is 25.1 Å². The van der Waals surface area contributed by atoms with Crippen LogP contribution in [0.2, 0.25) is 0 Å². The molecule has 0 spiro atoms. The average Bonchev–Trinajstić information content (AvgIpc) is 2.48. The van der Waals surface area contributed by atoms with E-state index < -0.39 is 0 Å². The van der Waals surface area contributed by atoms with Crippen molar-refractivity contribution in [2.24, 2.45) is 0 Å². The minimum atomic E-state index is -0.167. The fraction of sp³-hybridized carbons (Fsp3) is 0.100. The molecule has 0 aliphatic heterocycles. The van der Waals surface area contributed by atoms with Crippen LogP contribution in [0.4, 0.5) is 4.39 Å². The molecule has 0 radical (unpaired) electrons. The number of hydrogen-bond donors (Lipinski definition) is 0. The Morgan fingerprint density at radius 3 is 2.10 bits per heavy atom. The molecule has 1 heteroatoms. The van der Waals surface area contributed by atoms with E-state index in [0.717, 1.165) is 27.8 Å². The highest BCUT2D eigenvalue weighted by Gasteiger charge is 2.14. The number of benzene rings is 3. The molecule has 3 aromatic carbocycles. The largest absolute Gasteiger partial charge is 0.206 e. The van der Waals surface area contributed by atoms with E-state index in [-0.39, 0.29) is 5.82 Å². The molecule has 0 aliphatic carbocycles. The second-order valence-corrected chi connectivity index (χ2v) is 5.35. The van der Waals surface area contributed by atoms with Crippen molar-refractivity contribution in [3.63, 3.8) is 0 Å². The third kappa shape index (κ3) is 2.59. The standard InChI is InChI=1S/C20H17F/c1-14-12-18(17-11-7-6-8-15(17)2)20(19(21)13-14)16-9-4-3-5-10-16/h3-13H,1-2H3. The first-order valence-corrected chi connectivity index (χ1v) is 7.08. The summed E-state index contributed by atoms with van der Waals surface area (Å²) < 4.78 is 14.6. The molecular weight excluding hydrogens is 259 g/mol. The second-order valence-electron chi connectivity index (χ2n) is 5.35. The van der Waals surface area contributed by atoms with Crippen LogP contribution >= 0.6 is 0 Å². The molecule has 0 heterocycles. The Morgan fingerprint density at radius 2 is 1.38 bits per heavy atom. The third-order valence-corrected chi connectivity index (χ3v) is 3.73. The quantitative estimate of drug-likeness (QED) is 0.557. The van der Waals surface area contributed by atoms with Crippen molar-refractivity contribution in [1.82, 2.24) is 0 Å². The monoisotopic (exact) mass is 276 g/mol. The summed E-state index contributed by atoms with van der Waals surface area (Å²) in [5, 5.41) is 0. The third-order valence-electron chi connectivity index (χ3n) is 3.73. The van der Waals surface area contributed by atoms with E-state index in [9.17, 15) is 4.39 Å². The van der Waals surface area contributed by atoms with Crippen LogP contribution in [-0.4, -0.2) is 0 Å². The summed E-state index contributed by atoms with van der Waals surface area (Å²) in [4.78, 5) is 0. The van der Waals surface area contributed by atoms with Gasteiger partial charge < -0.3 is 0 Å². The average molecular weight is 276 g/mol. The van der Waals surface area contributed by atoms with Gasteiger partial charge in [0.05, 0.1) is 0 Å². The highest BCUT2D eigenvalue weighted by atomic mass is 19.1. The van der Waals surface area contributed by atoms with Crippen LogP contribution in [0.3, 0.4) is 0 Å². The Hall–Kier alpha value is -2.41. The van der Waals surface area contributed by atoms with Gasteiger partial charge in [-0.3, -0.25) is 0 Å². The van der Waals surface area contributed by atoms with Crippen molar-refractivity contribution in [1.29, 1.82) is 0 Å². The van der Waals surface area contributed by atoms with Crippen LogP contribution in [0.25, 0.3) is 22.3 Å². The van der Waals surface area contributed by atoms with E-state index in [1.807, 2.05) is 49.4 Å². The molecule has 21 heavy (non-hydrogen) atoms. The Labute approximate surface area is 124 Å². The predicted molar refractivity (Wildman–Crippen MR) is 86.7 cm³/mol. The van der Waals surface area contributed by atoms with Gasteiger partial charge in [0, 0.05) is 5.56 Å². The minimum absolute atomic E-state index is 0.167. The van der Waals surface area contributed by atoms with Crippen LogP contribution in [0, 0.1) is 19.7 Å². The maximum absolute atomic E-state index is 14.6. The van der Waals surface area contributed by atoms with Crippen molar-refractivity contribution in [3.05, 3.63) is 83.7 Å². The van der Waals surface area contributed by atoms with E-state index >= 15 is 0 Å². The fourth-order valence-corrected chi connectivity index (χ4v) is 2.73. The van der Waals surface area contributed by atoms with Crippen molar-refractivity contribution >= 4 is 0 Å². The van der Waals surface area contributed by atoms with Gasteiger partial charge in [0.25, 0.3) is 0 Å². The molecule has 0 unspecified atom stereocenters. The van der Waals surface area contributed by atoms with E-state index in [1.165, 1.54) is 0 Å². The van der Waals surface area contributed by atoms with Crippen LogP contribution in [-0.2, 0) is 0 Å². The number of aryl methyl sites for hydroxylation is 2. The van der Waals surface area contributed by atoms with Gasteiger partial charge in [-0.15, -0.1) is 0 Å². The van der Waals surface area contributed by atoms with Gasteiger partial charge in [-0.25, -0.2) is 4.39 Å². The molecule has 3 aromatic rings. The van der Waals surface area contributed by atoms with Gasteiger partial charge in [0.15, 0.2) is 0 Å². The van der Waals surface area contributed by atoms with E-state index in [0.29, 0.717) is 5.56 Å². The van der Waals surface area contributed by atoms with Gasteiger partial charge in [-0.1, -0.05) is 60.7 Å². The normalized spacial score (nSPS) is 10.6. The Morgan fingerprint density at radius 1 is 0.714 bits per heavy atom. The molecule has 0 amide bonds. The Bertz CT molecular complexity index is 773. The lowest BCUT2D eigenvalue weighted by Crippen LogP contribution is -1.93. The summed E-state index contributed by atoms with van der Waals surface area (Å²) in [6, 6.07) is 21.5. The fourth-order valence-electron chi connectivity index (χ4n) is 2.73. The van der Waals surface area contributed by atoms with Gasteiger partial charge in [0.2, 0.25) is 0 Å². The molecule has 104 valence electrons. The topological polar surface area (TPSA) is 0 Å². The molecule has 0 fully saturated rings. The summed E-state index contributed by atoms with van der Waals surface area (Å²) in [6.45, 7) is 3.99. The van der Waals surface area contributed by atoms with Crippen molar-refractivity contribution in [3.8, 4) is 22.3 Å². The maximum atomic E-state index is 14.6. The SMILES string of the molecule is Cc1cc(F)c(-c2ccccc2)c(-c2ccccc2C)c1. The molecule has 3 rings (SSSR count). The first-order valence-electron chi connectivity index (χ1n) is 7.08. The van der Waals surface area contributed by atoms with Gasteiger partial charge in [0.1, 0.15) is 5.82 Å². The molecule has 0 N–H and O–H groups in total. The molecule has 0 saturated heterocycles.